The van der Waals surface area contributed by atoms with E-state index in [2.05, 4.69) is 10.1 Å². The van der Waals surface area contributed by atoms with Crippen LogP contribution in [0, 0.1) is 6.92 Å². The van der Waals surface area contributed by atoms with E-state index in [4.69, 9.17) is 4.74 Å². The fourth-order valence-corrected chi connectivity index (χ4v) is 3.82. The molecule has 0 saturated heterocycles. The summed E-state index contributed by atoms with van der Waals surface area (Å²) in [6.45, 7) is 4.23. The highest BCUT2D eigenvalue weighted by Crippen LogP contribution is 2.40. The van der Waals surface area contributed by atoms with Crippen LogP contribution in [0.3, 0.4) is 0 Å². The number of carbonyl (C=O) groups is 1. The number of rotatable bonds is 3. The van der Waals surface area contributed by atoms with Gasteiger partial charge >= 0.3 is 5.97 Å². The van der Waals surface area contributed by atoms with Crippen molar-refractivity contribution in [3.63, 3.8) is 0 Å². The van der Waals surface area contributed by atoms with Crippen LogP contribution in [-0.4, -0.2) is 27.3 Å². The molecule has 3 rings (SSSR count). The molecule has 0 aromatic carbocycles. The highest BCUT2D eigenvalue weighted by molar-refractivity contribution is 7.15. The number of carbonyl (C=O) groups excluding carboxylic acids is 1. The number of hydrogen-bond acceptors (Lipinski definition) is 5. The number of fused-ring (bicyclic) bond motifs is 1. The summed E-state index contributed by atoms with van der Waals surface area (Å²) in [6.07, 6.45) is 3.71. The van der Waals surface area contributed by atoms with E-state index in [0.29, 0.717) is 6.61 Å². The molecule has 20 heavy (non-hydrogen) atoms. The second kappa shape index (κ2) is 5.01. The molecule has 2 heterocycles. The summed E-state index contributed by atoms with van der Waals surface area (Å²) in [5.41, 5.74) is 2.92. The standard InChI is InChI=1S/C14H17N3O2S/c1-4-19-14(18)9-5-6-11-12(9)15-13(20-11)10-7-17(3)16-8(10)2/h7,9H,4-6H2,1-3H3. The summed E-state index contributed by atoms with van der Waals surface area (Å²) in [7, 11) is 1.90. The van der Waals surface area contributed by atoms with Gasteiger partial charge < -0.3 is 4.74 Å². The minimum Gasteiger partial charge on any atom is -0.465 e. The molecule has 6 heteroatoms. The maximum atomic E-state index is 12.0. The van der Waals surface area contributed by atoms with Crippen molar-refractivity contribution in [2.24, 2.45) is 7.05 Å². The van der Waals surface area contributed by atoms with Gasteiger partial charge in [-0.3, -0.25) is 9.48 Å². The number of esters is 1. The van der Waals surface area contributed by atoms with Gasteiger partial charge in [0.2, 0.25) is 0 Å². The van der Waals surface area contributed by atoms with E-state index in [-0.39, 0.29) is 11.9 Å². The topological polar surface area (TPSA) is 57.0 Å². The van der Waals surface area contributed by atoms with Gasteiger partial charge in [0.05, 0.1) is 23.6 Å². The third kappa shape index (κ3) is 2.14. The third-order valence-electron chi connectivity index (χ3n) is 3.53. The maximum absolute atomic E-state index is 12.0. The predicted octanol–water partition coefficient (Wildman–Crippen LogP) is 2.44. The van der Waals surface area contributed by atoms with Gasteiger partial charge in [-0.25, -0.2) is 4.98 Å². The molecule has 0 saturated carbocycles. The molecule has 1 atom stereocenters. The van der Waals surface area contributed by atoms with Gasteiger partial charge in [-0.2, -0.15) is 5.10 Å². The lowest BCUT2D eigenvalue weighted by atomic mass is 10.1. The minimum absolute atomic E-state index is 0.147. The van der Waals surface area contributed by atoms with E-state index in [1.165, 1.54) is 4.88 Å². The second-order valence-corrected chi connectivity index (χ2v) is 6.06. The first-order chi connectivity index (χ1) is 9.60. The molecule has 2 aromatic heterocycles. The molecular weight excluding hydrogens is 274 g/mol. The lowest BCUT2D eigenvalue weighted by Gasteiger charge is -2.07. The van der Waals surface area contributed by atoms with Crippen LogP contribution >= 0.6 is 11.3 Å². The molecule has 106 valence electrons. The summed E-state index contributed by atoms with van der Waals surface area (Å²) >= 11 is 1.67. The fraction of sp³-hybridized carbons (Fsp3) is 0.500. The SMILES string of the molecule is CCOC(=O)C1CCc2sc(-c3cn(C)nc3C)nc21. The van der Waals surface area contributed by atoms with Crippen molar-refractivity contribution in [3.05, 3.63) is 22.5 Å². The van der Waals surface area contributed by atoms with Gasteiger partial charge in [-0.05, 0) is 26.7 Å². The lowest BCUT2D eigenvalue weighted by Crippen LogP contribution is -2.14. The van der Waals surface area contributed by atoms with Crippen LogP contribution in [0.25, 0.3) is 10.6 Å². The van der Waals surface area contributed by atoms with Crippen molar-refractivity contribution < 1.29 is 9.53 Å². The monoisotopic (exact) mass is 291 g/mol. The summed E-state index contributed by atoms with van der Waals surface area (Å²) in [6, 6.07) is 0. The Bertz CT molecular complexity index is 659. The van der Waals surface area contributed by atoms with E-state index in [1.807, 2.05) is 27.1 Å². The van der Waals surface area contributed by atoms with Crippen LogP contribution in [0.5, 0.6) is 0 Å². The van der Waals surface area contributed by atoms with Crippen molar-refractivity contribution in [1.82, 2.24) is 14.8 Å². The van der Waals surface area contributed by atoms with Crippen molar-refractivity contribution in [3.8, 4) is 10.6 Å². The quantitative estimate of drug-likeness (QED) is 0.815. The molecule has 0 fully saturated rings. The number of aryl methyl sites for hydroxylation is 3. The predicted molar refractivity (Wildman–Crippen MR) is 76.7 cm³/mol. The largest absolute Gasteiger partial charge is 0.465 e. The maximum Gasteiger partial charge on any atom is 0.315 e. The summed E-state index contributed by atoms with van der Waals surface area (Å²) < 4.78 is 6.93. The zero-order chi connectivity index (χ0) is 14.3. The Labute approximate surface area is 121 Å². The number of nitrogens with zero attached hydrogens (tertiary/aromatic N) is 3. The number of hydrogen-bond donors (Lipinski definition) is 0. The highest BCUT2D eigenvalue weighted by Gasteiger charge is 2.34. The Balaban J connectivity index is 1.94. The van der Waals surface area contributed by atoms with Gasteiger partial charge in [-0.1, -0.05) is 0 Å². The highest BCUT2D eigenvalue weighted by atomic mass is 32.1. The number of thiazole rings is 1. The van der Waals surface area contributed by atoms with Crippen LogP contribution in [0.1, 0.15) is 35.5 Å². The van der Waals surface area contributed by atoms with Crippen molar-refractivity contribution in [2.75, 3.05) is 6.61 Å². The Morgan fingerprint density at radius 3 is 3.05 bits per heavy atom. The van der Waals surface area contributed by atoms with Crippen molar-refractivity contribution in [2.45, 2.75) is 32.6 Å². The molecule has 1 unspecified atom stereocenters. The molecular formula is C14H17N3O2S. The molecule has 0 bridgehead atoms. The Morgan fingerprint density at radius 1 is 1.60 bits per heavy atom. The van der Waals surface area contributed by atoms with Gasteiger partial charge in [0.1, 0.15) is 10.9 Å². The van der Waals surface area contributed by atoms with E-state index in [0.717, 1.165) is 34.8 Å². The molecule has 0 amide bonds. The number of aromatic nitrogens is 3. The Kier molecular flexibility index (Phi) is 3.33. The minimum atomic E-state index is -0.188. The van der Waals surface area contributed by atoms with Crippen LogP contribution in [0.4, 0.5) is 0 Å². The van der Waals surface area contributed by atoms with E-state index in [9.17, 15) is 4.79 Å². The average molecular weight is 291 g/mol. The third-order valence-corrected chi connectivity index (χ3v) is 4.70. The molecule has 0 spiro atoms. The zero-order valence-electron chi connectivity index (χ0n) is 11.8. The fourth-order valence-electron chi connectivity index (χ4n) is 2.62. The summed E-state index contributed by atoms with van der Waals surface area (Å²) in [4.78, 5) is 17.8. The summed E-state index contributed by atoms with van der Waals surface area (Å²) in [5.74, 6) is -0.335. The second-order valence-electron chi connectivity index (χ2n) is 4.97. The molecule has 5 nitrogen and oxygen atoms in total. The molecule has 1 aliphatic rings. The zero-order valence-corrected chi connectivity index (χ0v) is 12.7. The van der Waals surface area contributed by atoms with Crippen LogP contribution in [0.15, 0.2) is 6.20 Å². The van der Waals surface area contributed by atoms with Crippen LogP contribution in [-0.2, 0) is 23.0 Å². The smallest absolute Gasteiger partial charge is 0.315 e. The van der Waals surface area contributed by atoms with Gasteiger partial charge in [0, 0.05) is 18.1 Å². The van der Waals surface area contributed by atoms with Crippen LogP contribution < -0.4 is 0 Å². The van der Waals surface area contributed by atoms with Crippen molar-refractivity contribution in [1.29, 1.82) is 0 Å². The first kappa shape index (κ1) is 13.3. The first-order valence-electron chi connectivity index (χ1n) is 6.77. The van der Waals surface area contributed by atoms with Crippen LogP contribution in [0.2, 0.25) is 0 Å². The van der Waals surface area contributed by atoms with E-state index < -0.39 is 0 Å². The molecule has 0 N–H and O–H groups in total. The molecule has 2 aromatic rings. The average Bonchev–Trinajstić information content (AvgIpc) is 3.02. The number of ether oxygens (including phenoxy) is 1. The molecule has 0 aliphatic heterocycles. The van der Waals surface area contributed by atoms with Crippen molar-refractivity contribution >= 4 is 17.3 Å². The van der Waals surface area contributed by atoms with Gasteiger partial charge in [0.15, 0.2) is 0 Å². The Morgan fingerprint density at radius 2 is 2.40 bits per heavy atom. The van der Waals surface area contributed by atoms with Gasteiger partial charge in [-0.15, -0.1) is 11.3 Å². The van der Waals surface area contributed by atoms with Gasteiger partial charge in [0.25, 0.3) is 0 Å². The first-order valence-corrected chi connectivity index (χ1v) is 7.58. The Hall–Kier alpha value is -1.69. The molecule has 0 radical (unpaired) electrons. The lowest BCUT2D eigenvalue weighted by molar-refractivity contribution is -0.145. The summed E-state index contributed by atoms with van der Waals surface area (Å²) in [5, 5.41) is 5.30. The molecule has 1 aliphatic carbocycles. The van der Waals surface area contributed by atoms with E-state index in [1.54, 1.807) is 16.0 Å². The van der Waals surface area contributed by atoms with E-state index >= 15 is 0 Å². The normalized spacial score (nSPS) is 17.2.